The van der Waals surface area contributed by atoms with Crippen molar-refractivity contribution in [1.82, 2.24) is 4.98 Å². The first-order valence-electron chi connectivity index (χ1n) is 15.8. The molecule has 0 bridgehead atoms. The van der Waals surface area contributed by atoms with Crippen molar-refractivity contribution >= 4 is 102 Å². The molecule has 0 N–H and O–H groups in total. The first-order chi connectivity index (χ1) is 23.3. The Morgan fingerprint density at radius 3 is 2.02 bits per heavy atom. The highest BCUT2D eigenvalue weighted by atomic mass is 32.1. The number of thiazole rings is 1. The van der Waals surface area contributed by atoms with Crippen LogP contribution >= 0.6 is 22.7 Å². The van der Waals surface area contributed by atoms with Gasteiger partial charge in [-0.2, -0.15) is 0 Å². The molecule has 0 aliphatic rings. The molecule has 2 nitrogen and oxygen atoms in total. The van der Waals surface area contributed by atoms with Crippen molar-refractivity contribution < 1.29 is 0 Å². The van der Waals surface area contributed by atoms with Gasteiger partial charge in [0, 0.05) is 37.8 Å². The third-order valence-electron chi connectivity index (χ3n) is 9.22. The van der Waals surface area contributed by atoms with Crippen LogP contribution in [0.3, 0.4) is 0 Å². The Balaban J connectivity index is 1.23. The SMILES string of the molecule is c1ccc(-c2nc3ccc4c5cc6c(cc(N(c7ccccc7)c7ccc8ccccc8c7)c7ccccc76)cc5sc4c3s2)cc1. The minimum absolute atomic E-state index is 1.07. The van der Waals surface area contributed by atoms with Crippen molar-refractivity contribution in [2.24, 2.45) is 0 Å². The Morgan fingerprint density at radius 2 is 1.17 bits per heavy atom. The fraction of sp³-hybridized carbons (Fsp3) is 0. The molecular weight excluding hydrogens is 609 g/mol. The van der Waals surface area contributed by atoms with Gasteiger partial charge in [0.1, 0.15) is 5.01 Å². The molecule has 220 valence electrons. The normalized spacial score (nSPS) is 11.8. The number of aromatic nitrogens is 1. The molecule has 47 heavy (non-hydrogen) atoms. The molecule has 0 radical (unpaired) electrons. The Labute approximate surface area is 279 Å². The topological polar surface area (TPSA) is 16.1 Å². The smallest absolute Gasteiger partial charge is 0.124 e. The standard InChI is InChI=1S/C43H26N2S2/c1-3-12-28(13-4-1)43-44-38-22-21-35-37-26-36-30(25-40(37)46-41(35)42(38)47-43)24-39(34-18-10-9-17-33(34)36)45(31-15-5-2-6-16-31)32-20-19-27-11-7-8-14-29(27)23-32/h1-26H. The molecule has 2 heterocycles. The zero-order valence-corrected chi connectivity index (χ0v) is 26.9. The van der Waals surface area contributed by atoms with Crippen molar-refractivity contribution in [3.8, 4) is 10.6 Å². The molecule has 0 aliphatic heterocycles. The van der Waals surface area contributed by atoms with Gasteiger partial charge < -0.3 is 4.90 Å². The van der Waals surface area contributed by atoms with E-state index < -0.39 is 0 Å². The van der Waals surface area contributed by atoms with Crippen LogP contribution in [0.2, 0.25) is 0 Å². The van der Waals surface area contributed by atoms with Crippen LogP contribution in [0.5, 0.6) is 0 Å². The van der Waals surface area contributed by atoms with Crippen LogP contribution in [-0.2, 0) is 0 Å². The number of para-hydroxylation sites is 1. The second-order valence-corrected chi connectivity index (χ2v) is 14.0. The number of rotatable bonds is 4. The second kappa shape index (κ2) is 10.5. The van der Waals surface area contributed by atoms with Crippen LogP contribution in [0, 0.1) is 0 Å². The lowest BCUT2D eigenvalue weighted by Gasteiger charge is -2.28. The Morgan fingerprint density at radius 1 is 0.426 bits per heavy atom. The maximum atomic E-state index is 5.03. The molecule has 0 atom stereocenters. The summed E-state index contributed by atoms with van der Waals surface area (Å²) in [6.45, 7) is 0. The molecule has 4 heteroatoms. The van der Waals surface area contributed by atoms with Gasteiger partial charge in [0.25, 0.3) is 0 Å². The lowest BCUT2D eigenvalue weighted by molar-refractivity contribution is 1.31. The Hall–Kier alpha value is -5.55. The number of anilines is 3. The number of hydrogen-bond acceptors (Lipinski definition) is 4. The summed E-state index contributed by atoms with van der Waals surface area (Å²) >= 11 is 3.68. The summed E-state index contributed by atoms with van der Waals surface area (Å²) in [5.74, 6) is 0. The lowest BCUT2D eigenvalue weighted by atomic mass is 9.97. The predicted molar refractivity (Wildman–Crippen MR) is 205 cm³/mol. The van der Waals surface area contributed by atoms with E-state index in [-0.39, 0.29) is 0 Å². The van der Waals surface area contributed by atoms with Crippen molar-refractivity contribution in [3.63, 3.8) is 0 Å². The summed E-state index contributed by atoms with van der Waals surface area (Å²) in [5, 5.41) is 11.2. The molecule has 10 rings (SSSR count). The van der Waals surface area contributed by atoms with Crippen molar-refractivity contribution in [1.29, 1.82) is 0 Å². The lowest BCUT2D eigenvalue weighted by Crippen LogP contribution is -2.10. The van der Waals surface area contributed by atoms with Crippen molar-refractivity contribution in [3.05, 3.63) is 158 Å². The molecule has 0 aliphatic carbocycles. The van der Waals surface area contributed by atoms with Gasteiger partial charge in [-0.3, -0.25) is 0 Å². The average Bonchev–Trinajstić information content (AvgIpc) is 3.73. The summed E-state index contributed by atoms with van der Waals surface area (Å²) < 4.78 is 3.88. The summed E-state index contributed by atoms with van der Waals surface area (Å²) in [5.41, 5.74) is 5.69. The van der Waals surface area contributed by atoms with Crippen molar-refractivity contribution in [2.75, 3.05) is 4.90 Å². The fourth-order valence-corrected chi connectivity index (χ4v) is 9.44. The van der Waals surface area contributed by atoms with Gasteiger partial charge in [-0.15, -0.1) is 22.7 Å². The van der Waals surface area contributed by atoms with E-state index in [9.17, 15) is 0 Å². The minimum Gasteiger partial charge on any atom is -0.310 e. The molecule has 0 fully saturated rings. The van der Waals surface area contributed by atoms with E-state index in [1.807, 2.05) is 11.3 Å². The third kappa shape index (κ3) is 4.26. The third-order valence-corrected chi connectivity index (χ3v) is 11.7. The maximum absolute atomic E-state index is 5.03. The molecule has 10 aromatic rings. The highest BCUT2D eigenvalue weighted by Crippen LogP contribution is 2.47. The highest BCUT2D eigenvalue weighted by molar-refractivity contribution is 7.31. The summed E-state index contributed by atoms with van der Waals surface area (Å²) in [6, 6.07) is 57.1. The fourth-order valence-electron chi connectivity index (χ4n) is 7.01. The van der Waals surface area contributed by atoms with Crippen LogP contribution in [0.1, 0.15) is 0 Å². The molecule has 0 unspecified atom stereocenters. The quantitative estimate of drug-likeness (QED) is 0.179. The van der Waals surface area contributed by atoms with Gasteiger partial charge in [-0.1, -0.05) is 109 Å². The zero-order chi connectivity index (χ0) is 30.9. The van der Waals surface area contributed by atoms with E-state index in [4.69, 9.17) is 4.98 Å². The average molecular weight is 635 g/mol. The Kier molecular flexibility index (Phi) is 5.95. The summed E-state index contributed by atoms with van der Waals surface area (Å²) in [4.78, 5) is 7.44. The predicted octanol–water partition coefficient (Wildman–Crippen LogP) is 13.3. The first-order valence-corrected chi connectivity index (χ1v) is 17.4. The van der Waals surface area contributed by atoms with Gasteiger partial charge in [0.05, 0.1) is 20.6 Å². The minimum atomic E-state index is 1.07. The van der Waals surface area contributed by atoms with E-state index in [0.717, 1.165) is 21.9 Å². The maximum Gasteiger partial charge on any atom is 0.124 e. The van der Waals surface area contributed by atoms with Gasteiger partial charge in [-0.25, -0.2) is 4.98 Å². The monoisotopic (exact) mass is 634 g/mol. The molecular formula is C43H26N2S2. The van der Waals surface area contributed by atoms with Gasteiger partial charge >= 0.3 is 0 Å². The van der Waals surface area contributed by atoms with Crippen LogP contribution in [-0.4, -0.2) is 4.98 Å². The van der Waals surface area contributed by atoms with E-state index in [1.54, 1.807) is 11.3 Å². The summed E-state index contributed by atoms with van der Waals surface area (Å²) in [6.07, 6.45) is 0. The molecule has 0 amide bonds. The first kappa shape index (κ1) is 26.6. The number of fused-ring (bicyclic) bond motifs is 9. The molecule has 0 saturated heterocycles. The van der Waals surface area contributed by atoms with Crippen LogP contribution in [0.15, 0.2) is 158 Å². The number of hydrogen-bond donors (Lipinski definition) is 0. The van der Waals surface area contributed by atoms with E-state index >= 15 is 0 Å². The largest absolute Gasteiger partial charge is 0.310 e. The molecule has 8 aromatic carbocycles. The van der Waals surface area contributed by atoms with Crippen LogP contribution in [0.4, 0.5) is 17.1 Å². The number of nitrogens with zero attached hydrogens (tertiary/aromatic N) is 2. The second-order valence-electron chi connectivity index (χ2n) is 12.0. The molecule has 2 aromatic heterocycles. The van der Waals surface area contributed by atoms with Gasteiger partial charge in [0.2, 0.25) is 0 Å². The van der Waals surface area contributed by atoms with E-state index in [2.05, 4.69) is 163 Å². The van der Waals surface area contributed by atoms with E-state index in [0.29, 0.717) is 0 Å². The summed E-state index contributed by atoms with van der Waals surface area (Å²) in [7, 11) is 0. The molecule has 0 spiro atoms. The molecule has 0 saturated carbocycles. The van der Waals surface area contributed by atoms with Crippen LogP contribution < -0.4 is 4.90 Å². The highest BCUT2D eigenvalue weighted by Gasteiger charge is 2.19. The number of benzene rings is 8. The van der Waals surface area contributed by atoms with Crippen LogP contribution in [0.25, 0.3) is 73.3 Å². The van der Waals surface area contributed by atoms with Gasteiger partial charge in [-0.05, 0) is 75.5 Å². The van der Waals surface area contributed by atoms with E-state index in [1.165, 1.54) is 68.4 Å². The van der Waals surface area contributed by atoms with Crippen molar-refractivity contribution in [2.45, 2.75) is 0 Å². The number of thiophene rings is 1. The van der Waals surface area contributed by atoms with Gasteiger partial charge in [0.15, 0.2) is 0 Å². The zero-order valence-electron chi connectivity index (χ0n) is 25.2. The Bertz CT molecular complexity index is 2800.